The van der Waals surface area contributed by atoms with Crippen molar-refractivity contribution in [1.82, 2.24) is 0 Å². The van der Waals surface area contributed by atoms with Gasteiger partial charge in [0.1, 0.15) is 11.4 Å². The van der Waals surface area contributed by atoms with Gasteiger partial charge < -0.3 is 10.8 Å². The SMILES string of the molecule is CC(C)(C)c1ccc(CONc2cc(Cl)c(N)cc2O)cc1. The first-order valence-corrected chi connectivity index (χ1v) is 7.40. The lowest BCUT2D eigenvalue weighted by molar-refractivity contribution is 0.179. The number of nitrogen functional groups attached to an aromatic ring is 1. The number of phenolic OH excluding ortho intramolecular Hbond substituents is 1. The van der Waals surface area contributed by atoms with Gasteiger partial charge in [0.05, 0.1) is 17.3 Å². The number of halogens is 1. The molecule has 0 aliphatic rings. The third-order valence-corrected chi connectivity index (χ3v) is 3.68. The van der Waals surface area contributed by atoms with Crippen LogP contribution in [0.1, 0.15) is 31.9 Å². The Labute approximate surface area is 135 Å². The fourth-order valence-corrected chi connectivity index (χ4v) is 2.12. The topological polar surface area (TPSA) is 67.5 Å². The van der Waals surface area contributed by atoms with Crippen molar-refractivity contribution in [3.8, 4) is 5.75 Å². The summed E-state index contributed by atoms with van der Waals surface area (Å²) in [6.07, 6.45) is 0. The second-order valence-corrected chi connectivity index (χ2v) is 6.64. The summed E-state index contributed by atoms with van der Waals surface area (Å²) in [5.41, 5.74) is 11.4. The van der Waals surface area contributed by atoms with Crippen LogP contribution < -0.4 is 11.2 Å². The van der Waals surface area contributed by atoms with E-state index < -0.39 is 0 Å². The molecule has 2 rings (SSSR count). The molecule has 0 aromatic heterocycles. The van der Waals surface area contributed by atoms with Crippen LogP contribution in [-0.4, -0.2) is 5.11 Å². The van der Waals surface area contributed by atoms with E-state index in [2.05, 4.69) is 38.4 Å². The molecule has 22 heavy (non-hydrogen) atoms. The summed E-state index contributed by atoms with van der Waals surface area (Å²) >= 11 is 5.91. The van der Waals surface area contributed by atoms with E-state index in [1.54, 1.807) is 0 Å². The van der Waals surface area contributed by atoms with Crippen LogP contribution in [0.15, 0.2) is 36.4 Å². The van der Waals surface area contributed by atoms with Gasteiger partial charge in [0, 0.05) is 6.07 Å². The zero-order valence-corrected chi connectivity index (χ0v) is 13.7. The highest BCUT2D eigenvalue weighted by molar-refractivity contribution is 6.33. The van der Waals surface area contributed by atoms with Gasteiger partial charge in [0.2, 0.25) is 0 Å². The van der Waals surface area contributed by atoms with Gasteiger partial charge in [-0.1, -0.05) is 56.6 Å². The predicted octanol–water partition coefficient (Wildman–Crippen LogP) is 4.47. The summed E-state index contributed by atoms with van der Waals surface area (Å²) in [6, 6.07) is 11.1. The zero-order valence-electron chi connectivity index (χ0n) is 13.0. The molecule has 0 saturated carbocycles. The quantitative estimate of drug-likeness (QED) is 0.442. The fraction of sp³-hybridized carbons (Fsp3) is 0.294. The summed E-state index contributed by atoms with van der Waals surface area (Å²) < 4.78 is 0. The van der Waals surface area contributed by atoms with E-state index in [4.69, 9.17) is 22.2 Å². The molecule has 0 atom stereocenters. The van der Waals surface area contributed by atoms with Gasteiger partial charge >= 0.3 is 0 Å². The number of phenols is 1. The lowest BCUT2D eigenvalue weighted by atomic mass is 9.87. The van der Waals surface area contributed by atoms with E-state index in [1.807, 2.05) is 12.1 Å². The first kappa shape index (κ1) is 16.5. The van der Waals surface area contributed by atoms with E-state index >= 15 is 0 Å². The monoisotopic (exact) mass is 320 g/mol. The Balaban J connectivity index is 1.95. The highest BCUT2D eigenvalue weighted by Gasteiger charge is 2.12. The third kappa shape index (κ3) is 4.06. The second kappa shape index (κ2) is 6.46. The lowest BCUT2D eigenvalue weighted by Gasteiger charge is -2.19. The molecular weight excluding hydrogens is 300 g/mol. The molecule has 0 fully saturated rings. The van der Waals surface area contributed by atoms with E-state index in [9.17, 15) is 5.11 Å². The molecule has 0 unspecified atom stereocenters. The molecule has 0 amide bonds. The summed E-state index contributed by atoms with van der Waals surface area (Å²) in [6.45, 7) is 6.89. The van der Waals surface area contributed by atoms with Crippen LogP contribution in [0, 0.1) is 0 Å². The lowest BCUT2D eigenvalue weighted by Crippen LogP contribution is -2.11. The van der Waals surface area contributed by atoms with E-state index in [1.165, 1.54) is 17.7 Å². The maximum Gasteiger partial charge on any atom is 0.143 e. The molecule has 0 heterocycles. The highest BCUT2D eigenvalue weighted by atomic mass is 35.5. The smallest absolute Gasteiger partial charge is 0.143 e. The van der Waals surface area contributed by atoms with Crippen LogP contribution in [0.3, 0.4) is 0 Å². The number of hydrogen-bond acceptors (Lipinski definition) is 4. The van der Waals surface area contributed by atoms with Crippen molar-refractivity contribution in [3.05, 3.63) is 52.5 Å². The molecule has 0 radical (unpaired) electrons. The molecule has 118 valence electrons. The van der Waals surface area contributed by atoms with Crippen LogP contribution in [0.4, 0.5) is 11.4 Å². The average molecular weight is 321 g/mol. The Bertz CT molecular complexity index is 649. The normalized spacial score (nSPS) is 11.5. The molecule has 4 N–H and O–H groups in total. The Kier molecular flexibility index (Phi) is 4.84. The molecule has 0 saturated heterocycles. The van der Waals surface area contributed by atoms with Crippen LogP contribution in [0.2, 0.25) is 5.02 Å². The number of nitrogens with two attached hydrogens (primary N) is 1. The van der Waals surface area contributed by atoms with Gasteiger partial charge in [-0.25, -0.2) is 0 Å². The maximum absolute atomic E-state index is 9.76. The minimum atomic E-state index is -0.00928. The van der Waals surface area contributed by atoms with E-state index in [-0.39, 0.29) is 11.2 Å². The first-order chi connectivity index (χ1) is 10.3. The Morgan fingerprint density at radius 2 is 1.82 bits per heavy atom. The fourth-order valence-electron chi connectivity index (χ4n) is 1.96. The van der Waals surface area contributed by atoms with Crippen LogP contribution in [0.5, 0.6) is 5.75 Å². The van der Waals surface area contributed by atoms with Gasteiger partial charge in [-0.3, -0.25) is 10.3 Å². The summed E-state index contributed by atoms with van der Waals surface area (Å²) in [7, 11) is 0. The highest BCUT2D eigenvalue weighted by Crippen LogP contribution is 2.32. The number of rotatable bonds is 4. The minimum absolute atomic E-state index is 0.00928. The Hall–Kier alpha value is -1.91. The molecule has 5 heteroatoms. The molecule has 0 bridgehead atoms. The molecule has 0 spiro atoms. The van der Waals surface area contributed by atoms with Crippen molar-refractivity contribution in [2.45, 2.75) is 32.8 Å². The van der Waals surface area contributed by atoms with E-state index in [0.29, 0.717) is 23.0 Å². The molecule has 0 aliphatic carbocycles. The minimum Gasteiger partial charge on any atom is -0.506 e. The molecular formula is C17H21ClN2O2. The summed E-state index contributed by atoms with van der Waals surface area (Å²) in [4.78, 5) is 5.40. The van der Waals surface area contributed by atoms with Gasteiger partial charge in [0.15, 0.2) is 0 Å². The molecule has 2 aromatic rings. The van der Waals surface area contributed by atoms with Crippen LogP contribution in [0.25, 0.3) is 0 Å². The van der Waals surface area contributed by atoms with Crippen LogP contribution in [-0.2, 0) is 16.9 Å². The van der Waals surface area contributed by atoms with E-state index in [0.717, 1.165) is 5.56 Å². The largest absolute Gasteiger partial charge is 0.506 e. The number of anilines is 2. The van der Waals surface area contributed by atoms with Crippen molar-refractivity contribution in [2.24, 2.45) is 0 Å². The van der Waals surface area contributed by atoms with Gasteiger partial charge in [-0.05, 0) is 22.6 Å². The van der Waals surface area contributed by atoms with Crippen molar-refractivity contribution in [2.75, 3.05) is 11.2 Å². The van der Waals surface area contributed by atoms with Gasteiger partial charge in [-0.2, -0.15) is 0 Å². The standard InChI is InChI=1S/C17H21ClN2O2/c1-17(2,3)12-6-4-11(5-7-12)10-22-20-15-8-13(18)14(19)9-16(15)21/h4-9,20-21H,10,19H2,1-3H3. The van der Waals surface area contributed by atoms with Crippen molar-refractivity contribution >= 4 is 23.0 Å². The summed E-state index contributed by atoms with van der Waals surface area (Å²) in [5.74, 6) is -0.00928. The third-order valence-electron chi connectivity index (χ3n) is 3.36. The Morgan fingerprint density at radius 3 is 2.41 bits per heavy atom. The van der Waals surface area contributed by atoms with Crippen molar-refractivity contribution in [1.29, 1.82) is 0 Å². The maximum atomic E-state index is 9.76. The van der Waals surface area contributed by atoms with Gasteiger partial charge in [-0.15, -0.1) is 0 Å². The van der Waals surface area contributed by atoms with Gasteiger partial charge in [0.25, 0.3) is 0 Å². The van der Waals surface area contributed by atoms with Crippen molar-refractivity contribution < 1.29 is 9.94 Å². The summed E-state index contributed by atoms with van der Waals surface area (Å²) in [5, 5.41) is 10.1. The molecule has 4 nitrogen and oxygen atoms in total. The second-order valence-electron chi connectivity index (χ2n) is 6.23. The molecule has 2 aromatic carbocycles. The number of aromatic hydroxyl groups is 1. The zero-order chi connectivity index (χ0) is 16.3. The van der Waals surface area contributed by atoms with Crippen LogP contribution >= 0.6 is 11.6 Å². The number of nitrogens with one attached hydrogen (secondary N) is 1. The first-order valence-electron chi connectivity index (χ1n) is 7.02. The number of benzene rings is 2. The molecule has 0 aliphatic heterocycles. The predicted molar refractivity (Wildman–Crippen MR) is 91.1 cm³/mol. The van der Waals surface area contributed by atoms with Crippen molar-refractivity contribution in [3.63, 3.8) is 0 Å². The average Bonchev–Trinajstić information content (AvgIpc) is 2.44. The number of hydrogen-bond donors (Lipinski definition) is 3. The Morgan fingerprint density at radius 1 is 1.18 bits per heavy atom.